The van der Waals surface area contributed by atoms with Crippen LogP contribution in [0.5, 0.6) is 0 Å². The molecule has 2 aromatic rings. The summed E-state index contributed by atoms with van der Waals surface area (Å²) in [4.78, 5) is 2.05. The molecule has 1 N–H and O–H groups in total. The molecule has 0 radical (unpaired) electrons. The van der Waals surface area contributed by atoms with E-state index in [4.69, 9.17) is 9.68 Å². The number of hydrogen-bond acceptors (Lipinski definition) is 6. The summed E-state index contributed by atoms with van der Waals surface area (Å²) in [6.45, 7) is 2.83. The third-order valence-electron chi connectivity index (χ3n) is 3.41. The molecule has 2 heterocycles. The molecule has 1 fully saturated rings. The topological polar surface area (TPSA) is 78.0 Å². The quantitative estimate of drug-likeness (QED) is 0.911. The second kappa shape index (κ2) is 6.35. The van der Waals surface area contributed by atoms with E-state index in [1.807, 2.05) is 29.2 Å². The molecule has 7 heteroatoms. The van der Waals surface area contributed by atoms with Crippen molar-refractivity contribution in [2.75, 3.05) is 19.6 Å². The molecular formula is C14H14BrN5O. The molecule has 3 rings (SSSR count). The molecule has 0 saturated carbocycles. The Morgan fingerprint density at radius 1 is 1.43 bits per heavy atom. The minimum Gasteiger partial charge on any atom is -0.419 e. The SMILES string of the molecule is N#CC1CNCCN1Cc1nnc(-c2ccccc2Br)o1. The van der Waals surface area contributed by atoms with Crippen molar-refractivity contribution in [3.05, 3.63) is 34.6 Å². The predicted octanol–water partition coefficient (Wildman–Crippen LogP) is 1.80. The molecule has 1 aromatic carbocycles. The van der Waals surface area contributed by atoms with E-state index in [0.29, 0.717) is 24.9 Å². The molecule has 21 heavy (non-hydrogen) atoms. The average molecular weight is 348 g/mol. The summed E-state index contributed by atoms with van der Waals surface area (Å²) in [5.41, 5.74) is 0.869. The Morgan fingerprint density at radius 2 is 2.29 bits per heavy atom. The van der Waals surface area contributed by atoms with Gasteiger partial charge in [-0.3, -0.25) is 4.90 Å². The first-order chi connectivity index (χ1) is 10.3. The van der Waals surface area contributed by atoms with Crippen LogP contribution in [-0.2, 0) is 6.54 Å². The van der Waals surface area contributed by atoms with Gasteiger partial charge in [0.25, 0.3) is 0 Å². The number of halogens is 1. The third-order valence-corrected chi connectivity index (χ3v) is 4.10. The maximum absolute atomic E-state index is 9.15. The monoisotopic (exact) mass is 347 g/mol. The number of nitrogens with one attached hydrogen (secondary N) is 1. The van der Waals surface area contributed by atoms with Crippen molar-refractivity contribution in [1.82, 2.24) is 20.4 Å². The van der Waals surface area contributed by atoms with E-state index >= 15 is 0 Å². The van der Waals surface area contributed by atoms with Gasteiger partial charge in [-0.25, -0.2) is 0 Å². The van der Waals surface area contributed by atoms with E-state index in [1.165, 1.54) is 0 Å². The largest absolute Gasteiger partial charge is 0.419 e. The standard InChI is InChI=1S/C14H14BrN5O/c15-12-4-2-1-3-11(12)14-19-18-13(21-14)9-20-6-5-17-8-10(20)7-16/h1-4,10,17H,5-6,8-9H2. The Balaban J connectivity index is 1.76. The number of benzene rings is 1. The van der Waals surface area contributed by atoms with Crippen LogP contribution in [0.25, 0.3) is 11.5 Å². The van der Waals surface area contributed by atoms with Gasteiger partial charge < -0.3 is 9.73 Å². The van der Waals surface area contributed by atoms with Crippen molar-refractivity contribution in [2.24, 2.45) is 0 Å². The van der Waals surface area contributed by atoms with E-state index in [0.717, 1.165) is 23.1 Å². The summed E-state index contributed by atoms with van der Waals surface area (Å²) < 4.78 is 6.64. The normalized spacial score (nSPS) is 19.3. The van der Waals surface area contributed by atoms with Gasteiger partial charge in [0.15, 0.2) is 0 Å². The molecule has 1 aromatic heterocycles. The Hall–Kier alpha value is -1.75. The zero-order valence-corrected chi connectivity index (χ0v) is 12.9. The van der Waals surface area contributed by atoms with Crippen LogP contribution < -0.4 is 5.32 Å². The second-order valence-electron chi connectivity index (χ2n) is 4.80. The molecule has 0 spiro atoms. The summed E-state index contributed by atoms with van der Waals surface area (Å²) in [7, 11) is 0. The lowest BCUT2D eigenvalue weighted by molar-refractivity contribution is 0.173. The van der Waals surface area contributed by atoms with Gasteiger partial charge >= 0.3 is 0 Å². The van der Waals surface area contributed by atoms with Crippen LogP contribution in [0.15, 0.2) is 33.2 Å². The van der Waals surface area contributed by atoms with Gasteiger partial charge in [0.05, 0.1) is 18.2 Å². The average Bonchev–Trinajstić information content (AvgIpc) is 2.96. The van der Waals surface area contributed by atoms with Crippen molar-refractivity contribution < 1.29 is 4.42 Å². The van der Waals surface area contributed by atoms with Gasteiger partial charge in [0.2, 0.25) is 11.8 Å². The molecule has 1 atom stereocenters. The maximum Gasteiger partial charge on any atom is 0.248 e. The fourth-order valence-electron chi connectivity index (χ4n) is 2.30. The number of nitriles is 1. The molecule has 1 aliphatic heterocycles. The minimum absolute atomic E-state index is 0.155. The Morgan fingerprint density at radius 3 is 3.10 bits per heavy atom. The van der Waals surface area contributed by atoms with Crippen LogP contribution in [0.2, 0.25) is 0 Å². The second-order valence-corrected chi connectivity index (χ2v) is 5.65. The third kappa shape index (κ3) is 3.13. The van der Waals surface area contributed by atoms with E-state index in [-0.39, 0.29) is 6.04 Å². The Kier molecular flexibility index (Phi) is 4.29. The highest BCUT2D eigenvalue weighted by atomic mass is 79.9. The van der Waals surface area contributed by atoms with Gasteiger partial charge in [-0.05, 0) is 28.1 Å². The Bertz CT molecular complexity index is 665. The lowest BCUT2D eigenvalue weighted by Gasteiger charge is -2.30. The number of aromatic nitrogens is 2. The molecule has 6 nitrogen and oxygen atoms in total. The number of nitrogens with zero attached hydrogens (tertiary/aromatic N) is 4. The van der Waals surface area contributed by atoms with Gasteiger partial charge in [-0.2, -0.15) is 5.26 Å². The molecular weight excluding hydrogens is 334 g/mol. The van der Waals surface area contributed by atoms with Gasteiger partial charge in [0.1, 0.15) is 6.04 Å². The van der Waals surface area contributed by atoms with Gasteiger partial charge in [-0.15, -0.1) is 10.2 Å². The van der Waals surface area contributed by atoms with Crippen LogP contribution in [0.1, 0.15) is 5.89 Å². The highest BCUT2D eigenvalue weighted by molar-refractivity contribution is 9.10. The summed E-state index contributed by atoms with van der Waals surface area (Å²) >= 11 is 3.47. The van der Waals surface area contributed by atoms with Crippen molar-refractivity contribution in [1.29, 1.82) is 5.26 Å². The molecule has 1 aliphatic rings. The van der Waals surface area contributed by atoms with Crippen molar-refractivity contribution in [3.8, 4) is 17.5 Å². The first-order valence-corrected chi connectivity index (χ1v) is 7.49. The summed E-state index contributed by atoms with van der Waals surface area (Å²) in [5.74, 6) is 1.02. The van der Waals surface area contributed by atoms with Crippen molar-refractivity contribution in [2.45, 2.75) is 12.6 Å². The number of rotatable bonds is 3. The molecule has 0 amide bonds. The highest BCUT2D eigenvalue weighted by Crippen LogP contribution is 2.26. The molecule has 0 aliphatic carbocycles. The summed E-state index contributed by atoms with van der Waals surface area (Å²) in [6, 6.07) is 9.84. The van der Waals surface area contributed by atoms with E-state index < -0.39 is 0 Å². The highest BCUT2D eigenvalue weighted by Gasteiger charge is 2.24. The van der Waals surface area contributed by atoms with Crippen LogP contribution in [0.3, 0.4) is 0 Å². The van der Waals surface area contributed by atoms with E-state index in [9.17, 15) is 0 Å². The minimum atomic E-state index is -0.155. The maximum atomic E-state index is 9.15. The molecule has 0 bridgehead atoms. The predicted molar refractivity (Wildman–Crippen MR) is 80.1 cm³/mol. The van der Waals surface area contributed by atoms with E-state index in [1.54, 1.807) is 0 Å². The molecule has 1 unspecified atom stereocenters. The fraction of sp³-hybridized carbons (Fsp3) is 0.357. The lowest BCUT2D eigenvalue weighted by atomic mass is 10.2. The van der Waals surface area contributed by atoms with Crippen LogP contribution >= 0.6 is 15.9 Å². The lowest BCUT2D eigenvalue weighted by Crippen LogP contribution is -2.50. The van der Waals surface area contributed by atoms with E-state index in [2.05, 4.69) is 37.5 Å². The molecule has 108 valence electrons. The van der Waals surface area contributed by atoms with Crippen LogP contribution in [0.4, 0.5) is 0 Å². The summed E-state index contributed by atoms with van der Waals surface area (Å²) in [6.07, 6.45) is 0. The first kappa shape index (κ1) is 14.2. The van der Waals surface area contributed by atoms with Crippen LogP contribution in [0, 0.1) is 11.3 Å². The van der Waals surface area contributed by atoms with Crippen molar-refractivity contribution >= 4 is 15.9 Å². The smallest absolute Gasteiger partial charge is 0.248 e. The zero-order valence-electron chi connectivity index (χ0n) is 11.3. The van der Waals surface area contributed by atoms with Gasteiger partial charge in [-0.1, -0.05) is 12.1 Å². The zero-order chi connectivity index (χ0) is 14.7. The van der Waals surface area contributed by atoms with Crippen molar-refractivity contribution in [3.63, 3.8) is 0 Å². The summed E-state index contributed by atoms with van der Waals surface area (Å²) in [5, 5.41) is 20.5. The molecule has 1 saturated heterocycles. The number of piperazine rings is 1. The fourth-order valence-corrected chi connectivity index (χ4v) is 2.75. The van der Waals surface area contributed by atoms with Crippen LogP contribution in [-0.4, -0.2) is 40.8 Å². The van der Waals surface area contributed by atoms with Gasteiger partial charge in [0, 0.05) is 24.1 Å². The Labute approximate surface area is 130 Å². The number of hydrogen-bond donors (Lipinski definition) is 1. The first-order valence-electron chi connectivity index (χ1n) is 6.69.